The minimum atomic E-state index is -0.304. The van der Waals surface area contributed by atoms with Crippen molar-refractivity contribution in [3.05, 3.63) is 17.5 Å². The summed E-state index contributed by atoms with van der Waals surface area (Å²) in [5.41, 5.74) is 7.28. The van der Waals surface area contributed by atoms with E-state index in [2.05, 4.69) is 10.4 Å². The van der Waals surface area contributed by atoms with Crippen molar-refractivity contribution in [2.75, 3.05) is 13.1 Å². The van der Waals surface area contributed by atoms with Crippen molar-refractivity contribution in [1.82, 2.24) is 20.0 Å². The van der Waals surface area contributed by atoms with Gasteiger partial charge >= 0.3 is 0 Å². The highest BCUT2D eigenvalue weighted by Gasteiger charge is 2.20. The van der Waals surface area contributed by atoms with Gasteiger partial charge in [0.2, 0.25) is 11.8 Å². The van der Waals surface area contributed by atoms with Crippen LogP contribution in [0, 0.1) is 0 Å². The van der Waals surface area contributed by atoms with Crippen molar-refractivity contribution in [1.29, 1.82) is 0 Å². The van der Waals surface area contributed by atoms with Gasteiger partial charge in [0.15, 0.2) is 0 Å². The number of primary amides is 1. The van der Waals surface area contributed by atoms with E-state index in [1.807, 2.05) is 15.6 Å². The Hall–Kier alpha value is -1.89. The number of nitrogens with one attached hydrogen (secondary N) is 1. The third-order valence-corrected chi connectivity index (χ3v) is 4.64. The van der Waals surface area contributed by atoms with E-state index in [4.69, 9.17) is 5.73 Å². The number of aryl methyl sites for hydroxylation is 1. The van der Waals surface area contributed by atoms with Crippen LogP contribution in [0.2, 0.25) is 0 Å². The molecule has 1 fully saturated rings. The first kappa shape index (κ1) is 16.0. The van der Waals surface area contributed by atoms with Crippen LogP contribution < -0.4 is 11.1 Å². The number of nitrogens with two attached hydrogens (primary N) is 1. The summed E-state index contributed by atoms with van der Waals surface area (Å²) in [6.45, 7) is 2.50. The first-order valence-electron chi connectivity index (χ1n) is 8.46. The lowest BCUT2D eigenvalue weighted by molar-refractivity contribution is -0.122. The maximum atomic E-state index is 12.0. The highest BCUT2D eigenvalue weighted by Crippen LogP contribution is 2.18. The van der Waals surface area contributed by atoms with Crippen LogP contribution in [-0.4, -0.2) is 45.6 Å². The van der Waals surface area contributed by atoms with Gasteiger partial charge in [0.1, 0.15) is 0 Å². The van der Waals surface area contributed by atoms with Gasteiger partial charge in [-0.05, 0) is 18.9 Å². The fourth-order valence-corrected chi connectivity index (χ4v) is 3.47. The van der Waals surface area contributed by atoms with Crippen LogP contribution in [0.25, 0.3) is 0 Å². The number of nitrogens with zero attached hydrogens (tertiary/aromatic N) is 3. The Bertz CT molecular complexity index is 577. The molecule has 2 heterocycles. The summed E-state index contributed by atoms with van der Waals surface area (Å²) in [5, 5.41) is 7.67. The van der Waals surface area contributed by atoms with Gasteiger partial charge in [0.05, 0.1) is 24.5 Å². The lowest BCUT2D eigenvalue weighted by Crippen LogP contribution is -2.39. The zero-order valence-electron chi connectivity index (χ0n) is 13.5. The van der Waals surface area contributed by atoms with Gasteiger partial charge in [-0.2, -0.15) is 5.10 Å². The topological polar surface area (TPSA) is 93.2 Å². The molecular formula is C16H25N5O2. The van der Waals surface area contributed by atoms with Gasteiger partial charge in [0.25, 0.3) is 0 Å². The summed E-state index contributed by atoms with van der Waals surface area (Å²) in [5.74, 6) is -0.181. The molecule has 0 saturated heterocycles. The van der Waals surface area contributed by atoms with E-state index in [0.29, 0.717) is 25.4 Å². The molecule has 0 atom stereocenters. The highest BCUT2D eigenvalue weighted by atomic mass is 16.2. The number of fused-ring (bicyclic) bond motifs is 1. The van der Waals surface area contributed by atoms with Crippen LogP contribution >= 0.6 is 0 Å². The third-order valence-electron chi connectivity index (χ3n) is 4.64. The maximum absolute atomic E-state index is 12.0. The number of hydrogen-bond donors (Lipinski definition) is 2. The van der Waals surface area contributed by atoms with Gasteiger partial charge < -0.3 is 11.1 Å². The van der Waals surface area contributed by atoms with Crippen molar-refractivity contribution in [3.8, 4) is 0 Å². The zero-order valence-corrected chi connectivity index (χ0v) is 13.5. The number of hydrogen-bond acceptors (Lipinski definition) is 4. The van der Waals surface area contributed by atoms with Gasteiger partial charge in [-0.25, -0.2) is 0 Å². The molecule has 23 heavy (non-hydrogen) atoms. The monoisotopic (exact) mass is 319 g/mol. The van der Waals surface area contributed by atoms with Crippen molar-refractivity contribution in [2.24, 2.45) is 5.73 Å². The summed E-state index contributed by atoms with van der Waals surface area (Å²) < 4.78 is 1.97. The number of rotatable bonds is 6. The molecule has 0 radical (unpaired) electrons. The van der Waals surface area contributed by atoms with E-state index < -0.39 is 0 Å². The SMILES string of the molecule is NC(=O)CN1CCn2nc(CCC(=O)NC3CCCC3)cc2C1. The molecule has 3 rings (SSSR count). The molecule has 2 aliphatic rings. The highest BCUT2D eigenvalue weighted by molar-refractivity contribution is 5.76. The van der Waals surface area contributed by atoms with E-state index in [1.165, 1.54) is 12.8 Å². The number of amides is 2. The van der Waals surface area contributed by atoms with Crippen molar-refractivity contribution >= 4 is 11.8 Å². The van der Waals surface area contributed by atoms with E-state index in [0.717, 1.165) is 37.3 Å². The molecule has 2 amide bonds. The molecule has 0 aromatic carbocycles. The fraction of sp³-hybridized carbons (Fsp3) is 0.688. The number of carbonyl (C=O) groups is 2. The minimum Gasteiger partial charge on any atom is -0.369 e. The summed E-state index contributed by atoms with van der Waals surface area (Å²) >= 11 is 0. The largest absolute Gasteiger partial charge is 0.369 e. The van der Waals surface area contributed by atoms with Crippen LogP contribution in [0.5, 0.6) is 0 Å². The van der Waals surface area contributed by atoms with Crippen LogP contribution in [0.15, 0.2) is 6.07 Å². The first-order valence-corrected chi connectivity index (χ1v) is 8.46. The predicted octanol–water partition coefficient (Wildman–Crippen LogP) is 0.175. The fourth-order valence-electron chi connectivity index (χ4n) is 3.47. The summed E-state index contributed by atoms with van der Waals surface area (Å²) in [6, 6.07) is 2.41. The van der Waals surface area contributed by atoms with Crippen LogP contribution in [-0.2, 0) is 29.1 Å². The Kier molecular flexibility index (Phi) is 4.95. The lowest BCUT2D eigenvalue weighted by Gasteiger charge is -2.25. The van der Waals surface area contributed by atoms with Crippen LogP contribution in [0.3, 0.4) is 0 Å². The average molecular weight is 319 g/mol. The third kappa shape index (κ3) is 4.31. The molecule has 0 spiro atoms. The maximum Gasteiger partial charge on any atom is 0.231 e. The van der Waals surface area contributed by atoms with Crippen molar-refractivity contribution in [3.63, 3.8) is 0 Å². The van der Waals surface area contributed by atoms with E-state index >= 15 is 0 Å². The van der Waals surface area contributed by atoms with Crippen LogP contribution in [0.4, 0.5) is 0 Å². The second-order valence-corrected chi connectivity index (χ2v) is 6.58. The molecular weight excluding hydrogens is 294 g/mol. The number of aromatic nitrogens is 2. The Labute approximate surface area is 136 Å². The zero-order chi connectivity index (χ0) is 16.2. The van der Waals surface area contributed by atoms with Crippen molar-refractivity contribution in [2.45, 2.75) is 57.7 Å². The second kappa shape index (κ2) is 7.12. The quantitative estimate of drug-likeness (QED) is 0.782. The molecule has 126 valence electrons. The standard InChI is InChI=1S/C16H25N5O2/c17-15(22)11-20-7-8-21-14(10-20)9-13(19-21)5-6-16(23)18-12-3-1-2-4-12/h9,12H,1-8,10-11H2,(H2,17,22)(H,18,23). The van der Waals surface area contributed by atoms with Gasteiger partial charge in [-0.3, -0.25) is 19.2 Å². The number of carbonyl (C=O) groups excluding carboxylic acids is 2. The molecule has 1 aromatic heterocycles. The van der Waals surface area contributed by atoms with E-state index in [1.54, 1.807) is 0 Å². The molecule has 0 bridgehead atoms. The Balaban J connectivity index is 1.49. The van der Waals surface area contributed by atoms with E-state index in [-0.39, 0.29) is 18.4 Å². The van der Waals surface area contributed by atoms with Crippen molar-refractivity contribution < 1.29 is 9.59 Å². The summed E-state index contributed by atoms with van der Waals surface area (Å²) in [7, 11) is 0. The van der Waals surface area contributed by atoms with Crippen LogP contribution in [0.1, 0.15) is 43.5 Å². The van der Waals surface area contributed by atoms with Gasteiger partial charge in [0, 0.05) is 32.0 Å². The molecule has 3 N–H and O–H groups in total. The molecule has 7 nitrogen and oxygen atoms in total. The van der Waals surface area contributed by atoms with Gasteiger partial charge in [-0.15, -0.1) is 0 Å². The van der Waals surface area contributed by atoms with Gasteiger partial charge in [-0.1, -0.05) is 12.8 Å². The molecule has 7 heteroatoms. The molecule has 0 unspecified atom stereocenters. The normalized spacial score (nSPS) is 18.8. The molecule has 1 aromatic rings. The molecule has 1 aliphatic carbocycles. The Morgan fingerprint density at radius 1 is 1.30 bits per heavy atom. The summed E-state index contributed by atoms with van der Waals surface area (Å²) in [6.07, 6.45) is 5.81. The molecule has 1 saturated carbocycles. The predicted molar refractivity (Wildman–Crippen MR) is 85.4 cm³/mol. The minimum absolute atomic E-state index is 0.123. The summed E-state index contributed by atoms with van der Waals surface area (Å²) in [4.78, 5) is 25.0. The molecule has 1 aliphatic heterocycles. The van der Waals surface area contributed by atoms with E-state index in [9.17, 15) is 9.59 Å². The second-order valence-electron chi connectivity index (χ2n) is 6.58. The first-order chi connectivity index (χ1) is 11.1. The smallest absolute Gasteiger partial charge is 0.231 e. The Morgan fingerprint density at radius 3 is 2.83 bits per heavy atom. The average Bonchev–Trinajstić information content (AvgIpc) is 3.13. The lowest BCUT2D eigenvalue weighted by atomic mass is 10.2. The Morgan fingerprint density at radius 2 is 2.09 bits per heavy atom.